The Kier molecular flexibility index (Phi) is 4.62. The Balaban J connectivity index is 2.21. The molecule has 0 aliphatic heterocycles. The van der Waals surface area contributed by atoms with Gasteiger partial charge in [-0.3, -0.25) is 4.79 Å². The summed E-state index contributed by atoms with van der Waals surface area (Å²) in [6, 6.07) is 6.31. The van der Waals surface area contributed by atoms with Crippen molar-refractivity contribution in [2.24, 2.45) is 0 Å². The van der Waals surface area contributed by atoms with Gasteiger partial charge in [0, 0.05) is 10.2 Å². The molecule has 2 N–H and O–H groups in total. The van der Waals surface area contributed by atoms with E-state index in [0.29, 0.717) is 16.1 Å². The second-order valence-corrected chi connectivity index (χ2v) is 7.25. The van der Waals surface area contributed by atoms with Gasteiger partial charge in [0.1, 0.15) is 0 Å². The molecule has 1 amide bonds. The largest absolute Gasteiger partial charge is 0.478 e. The van der Waals surface area contributed by atoms with Gasteiger partial charge in [0.25, 0.3) is 5.91 Å². The van der Waals surface area contributed by atoms with Gasteiger partial charge in [-0.25, -0.2) is 4.79 Å². The van der Waals surface area contributed by atoms with Crippen LogP contribution in [0.25, 0.3) is 0 Å². The molecule has 2 rings (SSSR count). The standard InChI is InChI=1S/C13H9Br2NO3S/c1-6-4-7(13(18)19)2-3-9(6)16-12(17)10-5-8(14)11(15)20-10/h2-5H,1H3,(H,16,17)(H,18,19). The Hall–Kier alpha value is -1.18. The Morgan fingerprint density at radius 3 is 2.45 bits per heavy atom. The summed E-state index contributed by atoms with van der Waals surface area (Å²) in [7, 11) is 0. The van der Waals surface area contributed by atoms with E-state index in [9.17, 15) is 9.59 Å². The van der Waals surface area contributed by atoms with E-state index in [0.717, 1.165) is 8.26 Å². The SMILES string of the molecule is Cc1cc(C(=O)O)ccc1NC(=O)c1cc(Br)c(Br)s1. The van der Waals surface area contributed by atoms with Crippen molar-refractivity contribution in [1.82, 2.24) is 0 Å². The minimum absolute atomic E-state index is 0.196. The zero-order valence-corrected chi connectivity index (χ0v) is 14.2. The van der Waals surface area contributed by atoms with E-state index >= 15 is 0 Å². The molecule has 0 aliphatic carbocycles. The van der Waals surface area contributed by atoms with E-state index in [1.54, 1.807) is 19.1 Å². The number of aromatic carboxylic acids is 1. The molecule has 2 aromatic rings. The smallest absolute Gasteiger partial charge is 0.335 e. The monoisotopic (exact) mass is 417 g/mol. The number of hydrogen-bond donors (Lipinski definition) is 2. The summed E-state index contributed by atoms with van der Waals surface area (Å²) in [4.78, 5) is 23.5. The second-order valence-electron chi connectivity index (χ2n) is 4.02. The van der Waals surface area contributed by atoms with Gasteiger partial charge in [-0.15, -0.1) is 11.3 Å². The number of carbonyl (C=O) groups excluding carboxylic acids is 1. The molecular weight excluding hydrogens is 410 g/mol. The number of halogens is 2. The van der Waals surface area contributed by atoms with Crippen LogP contribution in [0.1, 0.15) is 25.6 Å². The Morgan fingerprint density at radius 2 is 1.95 bits per heavy atom. The Bertz CT molecular complexity index is 677. The fourth-order valence-corrected chi connectivity index (χ4v) is 3.51. The first kappa shape index (κ1) is 15.2. The molecule has 4 nitrogen and oxygen atoms in total. The second kappa shape index (κ2) is 6.07. The maximum Gasteiger partial charge on any atom is 0.335 e. The third-order valence-electron chi connectivity index (χ3n) is 2.59. The van der Waals surface area contributed by atoms with Crippen LogP contribution < -0.4 is 5.32 Å². The van der Waals surface area contributed by atoms with Crippen molar-refractivity contribution in [1.29, 1.82) is 0 Å². The van der Waals surface area contributed by atoms with Crippen molar-refractivity contribution < 1.29 is 14.7 Å². The number of thiophene rings is 1. The average molecular weight is 419 g/mol. The molecular formula is C13H9Br2NO3S. The van der Waals surface area contributed by atoms with Crippen LogP contribution in [0, 0.1) is 6.92 Å². The normalized spacial score (nSPS) is 10.3. The highest BCUT2D eigenvalue weighted by atomic mass is 79.9. The van der Waals surface area contributed by atoms with E-state index in [1.807, 2.05) is 0 Å². The number of nitrogens with one attached hydrogen (secondary N) is 1. The molecule has 0 saturated carbocycles. The first-order valence-corrected chi connectivity index (χ1v) is 7.89. The van der Waals surface area contributed by atoms with Gasteiger partial charge < -0.3 is 10.4 Å². The molecule has 1 heterocycles. The number of carbonyl (C=O) groups is 2. The van der Waals surface area contributed by atoms with Crippen LogP contribution in [0.3, 0.4) is 0 Å². The summed E-state index contributed by atoms with van der Waals surface area (Å²) in [5.74, 6) is -1.22. The van der Waals surface area contributed by atoms with Crippen molar-refractivity contribution in [2.45, 2.75) is 6.92 Å². The molecule has 20 heavy (non-hydrogen) atoms. The molecule has 1 aromatic heterocycles. The van der Waals surface area contributed by atoms with Crippen LogP contribution in [0.5, 0.6) is 0 Å². The van der Waals surface area contributed by atoms with Crippen LogP contribution in [-0.4, -0.2) is 17.0 Å². The average Bonchev–Trinajstić information content (AvgIpc) is 2.72. The minimum Gasteiger partial charge on any atom is -0.478 e. The van der Waals surface area contributed by atoms with Gasteiger partial charge in [0.05, 0.1) is 14.2 Å². The molecule has 0 bridgehead atoms. The number of carboxylic acids is 1. The fraction of sp³-hybridized carbons (Fsp3) is 0.0769. The predicted octanol–water partition coefficient (Wildman–Crippen LogP) is 4.53. The number of amides is 1. The zero-order chi connectivity index (χ0) is 14.9. The Labute approximate surface area is 136 Å². The minimum atomic E-state index is -0.989. The number of anilines is 1. The highest BCUT2D eigenvalue weighted by Crippen LogP contribution is 2.32. The number of carboxylic acid groups (broad SMARTS) is 1. The summed E-state index contributed by atoms with van der Waals surface area (Å²) in [6.45, 7) is 1.75. The third-order valence-corrected chi connectivity index (χ3v) is 5.85. The van der Waals surface area contributed by atoms with E-state index in [1.165, 1.54) is 23.5 Å². The summed E-state index contributed by atoms with van der Waals surface area (Å²) in [5.41, 5.74) is 1.50. The van der Waals surface area contributed by atoms with Crippen molar-refractivity contribution in [3.05, 3.63) is 48.5 Å². The summed E-state index contributed by atoms with van der Waals surface area (Å²) in [5, 5.41) is 11.7. The Morgan fingerprint density at radius 1 is 1.25 bits per heavy atom. The molecule has 0 fully saturated rings. The molecule has 7 heteroatoms. The molecule has 0 saturated heterocycles. The lowest BCUT2D eigenvalue weighted by Crippen LogP contribution is -2.11. The first-order valence-electron chi connectivity index (χ1n) is 5.48. The lowest BCUT2D eigenvalue weighted by molar-refractivity contribution is 0.0696. The van der Waals surface area contributed by atoms with Gasteiger partial charge in [0.2, 0.25) is 0 Å². The predicted molar refractivity (Wildman–Crippen MR) is 85.8 cm³/mol. The highest BCUT2D eigenvalue weighted by Gasteiger charge is 2.14. The van der Waals surface area contributed by atoms with Gasteiger partial charge >= 0.3 is 5.97 Å². The first-order chi connectivity index (χ1) is 9.38. The van der Waals surface area contributed by atoms with Crippen LogP contribution in [0.15, 0.2) is 32.5 Å². The maximum absolute atomic E-state index is 12.1. The van der Waals surface area contributed by atoms with E-state index in [-0.39, 0.29) is 11.5 Å². The molecule has 104 valence electrons. The summed E-state index contributed by atoms with van der Waals surface area (Å²) < 4.78 is 1.67. The van der Waals surface area contributed by atoms with Crippen molar-refractivity contribution in [3.63, 3.8) is 0 Å². The molecule has 0 spiro atoms. The van der Waals surface area contributed by atoms with E-state index < -0.39 is 5.97 Å². The molecule has 0 unspecified atom stereocenters. The van der Waals surface area contributed by atoms with Crippen LogP contribution in [0.2, 0.25) is 0 Å². The van der Waals surface area contributed by atoms with Gasteiger partial charge in [-0.2, -0.15) is 0 Å². The molecule has 0 atom stereocenters. The topological polar surface area (TPSA) is 66.4 Å². The van der Waals surface area contributed by atoms with E-state index in [2.05, 4.69) is 37.2 Å². The van der Waals surface area contributed by atoms with Crippen molar-refractivity contribution in [3.8, 4) is 0 Å². The lowest BCUT2D eigenvalue weighted by atomic mass is 10.1. The van der Waals surface area contributed by atoms with Crippen LogP contribution in [-0.2, 0) is 0 Å². The maximum atomic E-state index is 12.1. The number of aryl methyl sites for hydroxylation is 1. The molecule has 0 aliphatic rings. The van der Waals surface area contributed by atoms with Crippen LogP contribution in [0.4, 0.5) is 5.69 Å². The summed E-state index contributed by atoms with van der Waals surface area (Å²) in [6.07, 6.45) is 0. The zero-order valence-electron chi connectivity index (χ0n) is 10.2. The fourth-order valence-electron chi connectivity index (χ4n) is 1.58. The molecule has 0 radical (unpaired) electrons. The quantitative estimate of drug-likeness (QED) is 0.769. The third kappa shape index (κ3) is 3.28. The summed E-state index contributed by atoms with van der Waals surface area (Å²) >= 11 is 7.98. The lowest BCUT2D eigenvalue weighted by Gasteiger charge is -2.08. The van der Waals surface area contributed by atoms with E-state index in [4.69, 9.17) is 5.11 Å². The molecule has 1 aromatic carbocycles. The highest BCUT2D eigenvalue weighted by molar-refractivity contribution is 9.13. The number of benzene rings is 1. The van der Waals surface area contributed by atoms with Crippen LogP contribution >= 0.6 is 43.2 Å². The van der Waals surface area contributed by atoms with Crippen molar-refractivity contribution in [2.75, 3.05) is 5.32 Å². The van der Waals surface area contributed by atoms with Crippen molar-refractivity contribution >= 4 is 60.8 Å². The number of hydrogen-bond acceptors (Lipinski definition) is 3. The van der Waals surface area contributed by atoms with Gasteiger partial charge in [-0.1, -0.05) is 0 Å². The van der Waals surface area contributed by atoms with Gasteiger partial charge in [0.15, 0.2) is 0 Å². The van der Waals surface area contributed by atoms with Gasteiger partial charge in [-0.05, 0) is 68.6 Å². The number of rotatable bonds is 3.